The van der Waals surface area contributed by atoms with Crippen molar-refractivity contribution in [1.82, 2.24) is 5.32 Å². The Balaban J connectivity index is 2.05. The zero-order chi connectivity index (χ0) is 63.5. The Hall–Kier alpha value is -1.85. The summed E-state index contributed by atoms with van der Waals surface area (Å²) in [6.45, 7) is 3.81. The number of carbonyl (C=O) groups excluding carboxylic acids is 1. The Morgan fingerprint density at radius 3 is 1.02 bits per heavy atom. The van der Waals surface area contributed by atoms with Crippen LogP contribution in [0.3, 0.4) is 0 Å². The molecule has 0 aromatic carbocycles. The Morgan fingerprint density at radius 2 is 0.682 bits per heavy atom. The van der Waals surface area contributed by atoms with Crippen LogP contribution in [0, 0.1) is 0 Å². The molecule has 6 N–H and O–H groups in total. The van der Waals surface area contributed by atoms with E-state index in [2.05, 4.69) is 55.6 Å². The highest BCUT2D eigenvalue weighted by Crippen LogP contribution is 2.24. The summed E-state index contributed by atoms with van der Waals surface area (Å²) in [5.41, 5.74) is 0. The van der Waals surface area contributed by atoms with E-state index in [1.165, 1.54) is 327 Å². The average Bonchev–Trinajstić information content (AvgIpc) is 3.31. The van der Waals surface area contributed by atoms with Gasteiger partial charge in [-0.25, -0.2) is 0 Å². The molecule has 1 amide bonds. The van der Waals surface area contributed by atoms with Crippen molar-refractivity contribution in [2.75, 3.05) is 13.2 Å². The van der Waals surface area contributed by atoms with Crippen LogP contribution in [0.15, 0.2) is 48.6 Å². The molecule has 0 aliphatic carbocycles. The maximum Gasteiger partial charge on any atom is 0.220 e. The van der Waals surface area contributed by atoms with Crippen LogP contribution < -0.4 is 5.32 Å². The molecular weight excluding hydrogens is 1090 g/mol. The molecule has 0 radical (unpaired) electrons. The van der Waals surface area contributed by atoms with Gasteiger partial charge in [-0.3, -0.25) is 4.79 Å². The Bertz CT molecular complexity index is 1530. The molecule has 9 heteroatoms. The quantitative estimate of drug-likeness (QED) is 0.0261. The highest BCUT2D eigenvalue weighted by atomic mass is 16.7. The van der Waals surface area contributed by atoms with Crippen molar-refractivity contribution in [2.45, 2.75) is 436 Å². The number of nitrogens with one attached hydrogen (secondary N) is 1. The van der Waals surface area contributed by atoms with Gasteiger partial charge in [0.15, 0.2) is 6.29 Å². The lowest BCUT2D eigenvalue weighted by molar-refractivity contribution is -0.302. The summed E-state index contributed by atoms with van der Waals surface area (Å²) >= 11 is 0. The fourth-order valence-electron chi connectivity index (χ4n) is 12.6. The second-order valence-electron chi connectivity index (χ2n) is 27.1. The molecule has 0 aromatic heterocycles. The average molecular weight is 1240 g/mol. The molecule has 0 saturated carbocycles. The van der Waals surface area contributed by atoms with E-state index in [1.807, 2.05) is 6.08 Å². The lowest BCUT2D eigenvalue weighted by Crippen LogP contribution is -2.60. The van der Waals surface area contributed by atoms with Gasteiger partial charge in [0.25, 0.3) is 0 Å². The molecule has 1 saturated heterocycles. The van der Waals surface area contributed by atoms with Crippen LogP contribution in [-0.4, -0.2) is 87.5 Å². The van der Waals surface area contributed by atoms with E-state index in [-0.39, 0.29) is 12.5 Å². The maximum absolute atomic E-state index is 13.1. The Morgan fingerprint density at radius 1 is 0.386 bits per heavy atom. The third kappa shape index (κ3) is 55.8. The van der Waals surface area contributed by atoms with Gasteiger partial charge in [0, 0.05) is 6.42 Å². The molecule has 1 heterocycles. The molecule has 9 nitrogen and oxygen atoms in total. The third-order valence-electron chi connectivity index (χ3n) is 18.6. The van der Waals surface area contributed by atoms with E-state index < -0.39 is 49.5 Å². The number of aliphatic hydroxyl groups excluding tert-OH is 5. The minimum atomic E-state index is -1.57. The lowest BCUT2D eigenvalue weighted by atomic mass is 9.99. The standard InChI is InChI=1S/C79H149NO8/c1-3-5-7-9-11-13-15-17-19-21-23-25-27-29-30-31-32-33-34-35-36-37-38-39-40-41-42-43-44-45-47-49-51-53-55-57-59-61-63-65-67-69-75(83)80-72(71-87-79-78(86)77(85)76(84)74(70-81)88-79)73(82)68-66-64-62-60-58-56-54-52-50-48-46-28-26-24-22-20-18-16-14-12-10-8-6-4-2/h15,17,21,23,58,60,66,68,72-74,76-79,81-82,84-86H,3-14,16,18-20,22,24-57,59,61-65,67,69-71H2,1-2H3,(H,80,83)/b17-15-,23-21-,60-58+,68-66+. The smallest absolute Gasteiger partial charge is 0.220 e. The van der Waals surface area contributed by atoms with Crippen molar-refractivity contribution < 1.29 is 39.8 Å². The lowest BCUT2D eigenvalue weighted by Gasteiger charge is -2.40. The number of amides is 1. The van der Waals surface area contributed by atoms with E-state index in [1.54, 1.807) is 6.08 Å². The normalized spacial score (nSPS) is 18.1. The van der Waals surface area contributed by atoms with Crippen molar-refractivity contribution in [1.29, 1.82) is 0 Å². The molecule has 0 aromatic rings. The Labute approximate surface area is 545 Å². The zero-order valence-corrected chi connectivity index (χ0v) is 58.3. The molecule has 7 atom stereocenters. The number of hydrogen-bond acceptors (Lipinski definition) is 8. The fraction of sp³-hybridized carbons (Fsp3) is 0.886. The molecule has 88 heavy (non-hydrogen) atoms. The van der Waals surface area contributed by atoms with Crippen molar-refractivity contribution in [2.24, 2.45) is 0 Å². The predicted octanol–water partition coefficient (Wildman–Crippen LogP) is 21.9. The van der Waals surface area contributed by atoms with Gasteiger partial charge in [-0.15, -0.1) is 0 Å². The fourth-order valence-corrected chi connectivity index (χ4v) is 12.6. The van der Waals surface area contributed by atoms with E-state index in [4.69, 9.17) is 9.47 Å². The van der Waals surface area contributed by atoms with Crippen LogP contribution in [0.2, 0.25) is 0 Å². The van der Waals surface area contributed by atoms with Crippen molar-refractivity contribution in [3.8, 4) is 0 Å². The number of aliphatic hydroxyl groups is 5. The van der Waals surface area contributed by atoms with Gasteiger partial charge in [0.05, 0.1) is 25.4 Å². The second-order valence-corrected chi connectivity index (χ2v) is 27.1. The van der Waals surface area contributed by atoms with Crippen molar-refractivity contribution in [3.05, 3.63) is 48.6 Å². The first kappa shape index (κ1) is 84.2. The first-order valence-corrected chi connectivity index (χ1v) is 38.9. The van der Waals surface area contributed by atoms with Crippen LogP contribution in [0.5, 0.6) is 0 Å². The molecule has 7 unspecified atom stereocenters. The monoisotopic (exact) mass is 1240 g/mol. The number of allylic oxidation sites excluding steroid dienone is 7. The molecule has 1 rings (SSSR count). The van der Waals surface area contributed by atoms with E-state index in [9.17, 15) is 30.3 Å². The zero-order valence-electron chi connectivity index (χ0n) is 58.3. The van der Waals surface area contributed by atoms with E-state index in [0.29, 0.717) is 6.42 Å². The number of hydrogen-bond donors (Lipinski definition) is 6. The van der Waals surface area contributed by atoms with E-state index >= 15 is 0 Å². The van der Waals surface area contributed by atoms with Gasteiger partial charge in [-0.05, 0) is 64.2 Å². The third-order valence-corrected chi connectivity index (χ3v) is 18.6. The summed E-state index contributed by atoms with van der Waals surface area (Å²) in [4.78, 5) is 13.1. The SMILES string of the molecule is CCCCCCC/C=C\C/C=C\CCCCCCCCCCCCCCCCCCCCCCCCCCCCCCCC(=O)NC(COC1OC(CO)C(O)C(O)C1O)C(O)/C=C/CC/C=C/CCCCCCCCCCCCCCCCCCCC. The maximum atomic E-state index is 13.1. The summed E-state index contributed by atoms with van der Waals surface area (Å²) in [5.74, 6) is -0.178. The van der Waals surface area contributed by atoms with E-state index in [0.717, 1.165) is 44.9 Å². The summed E-state index contributed by atoms with van der Waals surface area (Å²) in [6.07, 6.45) is 86.9. The van der Waals surface area contributed by atoms with Crippen LogP contribution >= 0.6 is 0 Å². The van der Waals surface area contributed by atoms with Crippen LogP contribution in [0.25, 0.3) is 0 Å². The van der Waals surface area contributed by atoms with Crippen LogP contribution in [0.1, 0.15) is 393 Å². The largest absolute Gasteiger partial charge is 0.394 e. The number of rotatable bonds is 69. The summed E-state index contributed by atoms with van der Waals surface area (Å²) in [5, 5.41) is 54.8. The molecular formula is C79H149NO8. The van der Waals surface area contributed by atoms with Crippen molar-refractivity contribution in [3.63, 3.8) is 0 Å². The van der Waals surface area contributed by atoms with Gasteiger partial charge in [-0.1, -0.05) is 371 Å². The number of unbranched alkanes of at least 4 members (excludes halogenated alkanes) is 53. The molecule has 0 spiro atoms. The molecule has 1 aliphatic heterocycles. The summed E-state index contributed by atoms with van der Waals surface area (Å²) < 4.78 is 11.3. The minimum Gasteiger partial charge on any atom is -0.394 e. The van der Waals surface area contributed by atoms with Crippen molar-refractivity contribution >= 4 is 5.91 Å². The van der Waals surface area contributed by atoms with Gasteiger partial charge in [-0.2, -0.15) is 0 Å². The van der Waals surface area contributed by atoms with Crippen LogP contribution in [0.4, 0.5) is 0 Å². The highest BCUT2D eigenvalue weighted by Gasteiger charge is 2.44. The molecule has 0 bridgehead atoms. The molecule has 518 valence electrons. The molecule has 1 aliphatic rings. The summed E-state index contributed by atoms with van der Waals surface area (Å²) in [6, 6.07) is -0.822. The first-order valence-electron chi connectivity index (χ1n) is 38.9. The second kappa shape index (κ2) is 68.0. The van der Waals surface area contributed by atoms with Gasteiger partial charge in [0.1, 0.15) is 24.4 Å². The van der Waals surface area contributed by atoms with Gasteiger partial charge >= 0.3 is 0 Å². The number of carbonyl (C=O) groups is 1. The topological polar surface area (TPSA) is 149 Å². The molecule has 1 fully saturated rings. The Kier molecular flexibility index (Phi) is 65.1. The predicted molar refractivity (Wildman–Crippen MR) is 378 cm³/mol. The number of ether oxygens (including phenoxy) is 2. The minimum absolute atomic E-state index is 0.178. The van der Waals surface area contributed by atoms with Crippen LogP contribution in [-0.2, 0) is 14.3 Å². The highest BCUT2D eigenvalue weighted by molar-refractivity contribution is 5.76. The summed E-state index contributed by atoms with van der Waals surface area (Å²) in [7, 11) is 0. The first-order chi connectivity index (χ1) is 43.3. The van der Waals surface area contributed by atoms with Gasteiger partial charge in [0.2, 0.25) is 5.91 Å². The van der Waals surface area contributed by atoms with Gasteiger partial charge < -0.3 is 40.3 Å².